The number of anilines is 1. The van der Waals surface area contributed by atoms with E-state index >= 15 is 0 Å². The molecule has 182 valence electrons. The topological polar surface area (TPSA) is 115 Å². The van der Waals surface area contributed by atoms with E-state index in [1.807, 2.05) is 18.3 Å². The summed E-state index contributed by atoms with van der Waals surface area (Å²) in [6.45, 7) is 6.18. The molecule has 0 radical (unpaired) electrons. The predicted molar refractivity (Wildman–Crippen MR) is 136 cm³/mol. The van der Waals surface area contributed by atoms with Crippen LogP contribution in [0.5, 0.6) is 6.01 Å². The van der Waals surface area contributed by atoms with E-state index in [2.05, 4.69) is 56.0 Å². The zero-order chi connectivity index (χ0) is 24.2. The molecule has 1 saturated heterocycles. The molecule has 35 heavy (non-hydrogen) atoms. The normalized spacial score (nSPS) is 14.1. The Labute approximate surface area is 204 Å². The van der Waals surface area contributed by atoms with Gasteiger partial charge in [0.15, 0.2) is 11.5 Å². The van der Waals surface area contributed by atoms with Gasteiger partial charge in [0.2, 0.25) is 0 Å². The molecule has 1 aromatic carbocycles. The molecule has 0 spiro atoms. The number of imidazole rings is 1. The van der Waals surface area contributed by atoms with Crippen molar-refractivity contribution in [1.29, 1.82) is 0 Å². The molecule has 4 heterocycles. The monoisotopic (exact) mass is 473 g/mol. The summed E-state index contributed by atoms with van der Waals surface area (Å²) in [5, 5.41) is 0. The minimum absolute atomic E-state index is 0.174. The molecule has 0 atom stereocenters. The van der Waals surface area contributed by atoms with Crippen LogP contribution in [0.15, 0.2) is 47.4 Å². The Morgan fingerprint density at radius 1 is 1.09 bits per heavy atom. The van der Waals surface area contributed by atoms with Gasteiger partial charge in [-0.3, -0.25) is 14.5 Å². The molecule has 4 aromatic rings. The first-order valence-corrected chi connectivity index (χ1v) is 12.3. The molecular formula is C26H31N7O2. The molecule has 1 fully saturated rings. The van der Waals surface area contributed by atoms with Gasteiger partial charge in [0, 0.05) is 18.3 Å². The third kappa shape index (κ3) is 5.19. The molecule has 0 aliphatic carbocycles. The van der Waals surface area contributed by atoms with Crippen molar-refractivity contribution in [2.45, 2.75) is 45.7 Å². The number of ether oxygens (including phenoxy) is 1. The Morgan fingerprint density at radius 3 is 2.71 bits per heavy atom. The summed E-state index contributed by atoms with van der Waals surface area (Å²) in [7, 11) is 0. The van der Waals surface area contributed by atoms with Crippen LogP contribution in [-0.4, -0.2) is 49.1 Å². The number of nitrogen functional groups attached to an aromatic ring is 1. The lowest BCUT2D eigenvalue weighted by molar-refractivity contribution is 0.286. The van der Waals surface area contributed by atoms with Gasteiger partial charge in [0.25, 0.3) is 0 Å². The molecule has 0 bridgehead atoms. The van der Waals surface area contributed by atoms with E-state index in [1.54, 1.807) is 0 Å². The predicted octanol–water partition coefficient (Wildman–Crippen LogP) is 3.59. The van der Waals surface area contributed by atoms with E-state index in [9.17, 15) is 4.79 Å². The minimum Gasteiger partial charge on any atom is -0.463 e. The standard InChI is InChI=1S/C26H31N7O2/c1-2-3-13-35-25-30-23(27)22-24(31-25)33(26(34)29-22)17-21-10-9-20(15-28-21)19-8-6-7-18(14-19)16-32-11-4-5-12-32/h6-10,14-15H,2-5,11-13,16-17H2,1H3,(H,29,34)(H2,27,30,31). The van der Waals surface area contributed by atoms with Crippen molar-refractivity contribution >= 4 is 17.0 Å². The van der Waals surface area contributed by atoms with Crippen LogP contribution in [0.25, 0.3) is 22.3 Å². The van der Waals surface area contributed by atoms with Gasteiger partial charge in [-0.25, -0.2) is 4.79 Å². The average Bonchev–Trinajstić information content (AvgIpc) is 3.48. The quantitative estimate of drug-likeness (QED) is 0.357. The molecule has 3 aromatic heterocycles. The van der Waals surface area contributed by atoms with Crippen molar-refractivity contribution in [2.75, 3.05) is 25.4 Å². The summed E-state index contributed by atoms with van der Waals surface area (Å²) in [6, 6.07) is 12.8. The maximum absolute atomic E-state index is 12.6. The van der Waals surface area contributed by atoms with Gasteiger partial charge >= 0.3 is 11.7 Å². The number of likely N-dealkylation sites (tertiary alicyclic amines) is 1. The lowest BCUT2D eigenvalue weighted by Gasteiger charge is -2.15. The van der Waals surface area contributed by atoms with Gasteiger partial charge in [-0.2, -0.15) is 9.97 Å². The van der Waals surface area contributed by atoms with Crippen LogP contribution in [-0.2, 0) is 13.1 Å². The maximum atomic E-state index is 12.6. The number of hydrogen-bond donors (Lipinski definition) is 2. The highest BCUT2D eigenvalue weighted by Gasteiger charge is 2.16. The molecule has 9 nitrogen and oxygen atoms in total. The lowest BCUT2D eigenvalue weighted by Crippen LogP contribution is -2.18. The van der Waals surface area contributed by atoms with Crippen LogP contribution in [0.2, 0.25) is 0 Å². The number of aromatic amines is 1. The van der Waals surface area contributed by atoms with Gasteiger partial charge in [-0.1, -0.05) is 37.6 Å². The Hall–Kier alpha value is -3.72. The highest BCUT2D eigenvalue weighted by atomic mass is 16.5. The number of nitrogens with zero attached hydrogens (tertiary/aromatic N) is 5. The smallest absolute Gasteiger partial charge is 0.328 e. The average molecular weight is 474 g/mol. The van der Waals surface area contributed by atoms with E-state index in [-0.39, 0.29) is 24.1 Å². The van der Waals surface area contributed by atoms with Gasteiger partial charge < -0.3 is 15.5 Å². The fourth-order valence-electron chi connectivity index (χ4n) is 4.45. The van der Waals surface area contributed by atoms with Crippen LogP contribution >= 0.6 is 0 Å². The van der Waals surface area contributed by atoms with Crippen LogP contribution in [0, 0.1) is 0 Å². The van der Waals surface area contributed by atoms with Crippen molar-refractivity contribution in [3.05, 3.63) is 64.3 Å². The molecule has 9 heteroatoms. The number of nitrogens with two attached hydrogens (primary N) is 1. The van der Waals surface area contributed by atoms with Gasteiger partial charge in [-0.05, 0) is 55.6 Å². The first-order valence-electron chi connectivity index (χ1n) is 12.3. The minimum atomic E-state index is -0.313. The van der Waals surface area contributed by atoms with E-state index < -0.39 is 0 Å². The van der Waals surface area contributed by atoms with Crippen molar-refractivity contribution in [2.24, 2.45) is 0 Å². The largest absolute Gasteiger partial charge is 0.463 e. The number of pyridine rings is 1. The zero-order valence-corrected chi connectivity index (χ0v) is 20.0. The Balaban J connectivity index is 1.35. The molecular weight excluding hydrogens is 442 g/mol. The summed E-state index contributed by atoms with van der Waals surface area (Å²) in [4.78, 5) is 31.1. The van der Waals surface area contributed by atoms with Gasteiger partial charge in [0.1, 0.15) is 5.52 Å². The number of hydrogen-bond acceptors (Lipinski definition) is 7. The second kappa shape index (κ2) is 10.3. The molecule has 0 amide bonds. The van der Waals surface area contributed by atoms with Crippen molar-refractivity contribution in [3.8, 4) is 17.1 Å². The van der Waals surface area contributed by atoms with Crippen LogP contribution in [0.1, 0.15) is 43.9 Å². The summed E-state index contributed by atoms with van der Waals surface area (Å²) >= 11 is 0. The molecule has 0 saturated carbocycles. The number of fused-ring (bicyclic) bond motifs is 1. The molecule has 5 rings (SSSR count). The summed E-state index contributed by atoms with van der Waals surface area (Å²) < 4.78 is 7.13. The first kappa shape index (κ1) is 23.0. The number of aromatic nitrogens is 5. The summed E-state index contributed by atoms with van der Waals surface area (Å²) in [6.07, 6.45) is 6.31. The Kier molecular flexibility index (Phi) is 6.76. The summed E-state index contributed by atoms with van der Waals surface area (Å²) in [5.41, 5.74) is 10.8. The van der Waals surface area contributed by atoms with Gasteiger partial charge in [0.05, 0.1) is 18.8 Å². The summed E-state index contributed by atoms with van der Waals surface area (Å²) in [5.74, 6) is 0.189. The number of unbranched alkanes of at least 4 members (excludes halogenated alkanes) is 1. The lowest BCUT2D eigenvalue weighted by atomic mass is 10.0. The number of nitrogens with one attached hydrogen (secondary N) is 1. The molecule has 0 unspecified atom stereocenters. The Morgan fingerprint density at radius 2 is 1.94 bits per heavy atom. The Bertz CT molecular complexity index is 1350. The highest BCUT2D eigenvalue weighted by Crippen LogP contribution is 2.23. The fraction of sp³-hybridized carbons (Fsp3) is 0.385. The SMILES string of the molecule is CCCCOc1nc(N)c2[nH]c(=O)n(Cc3ccc(-c4cccc(CN5CCCC5)c4)cn3)c2n1. The van der Waals surface area contributed by atoms with E-state index in [0.29, 0.717) is 17.8 Å². The molecule has 3 N–H and O–H groups in total. The second-order valence-corrected chi connectivity index (χ2v) is 9.03. The van der Waals surface area contributed by atoms with Crippen molar-refractivity contribution in [3.63, 3.8) is 0 Å². The number of H-pyrrole nitrogens is 1. The highest BCUT2D eigenvalue weighted by molar-refractivity contribution is 5.82. The maximum Gasteiger partial charge on any atom is 0.328 e. The van der Waals surface area contributed by atoms with Crippen molar-refractivity contribution in [1.82, 2.24) is 29.4 Å². The zero-order valence-electron chi connectivity index (χ0n) is 20.0. The van der Waals surface area contributed by atoms with Crippen LogP contribution in [0.3, 0.4) is 0 Å². The number of benzene rings is 1. The molecule has 1 aliphatic rings. The van der Waals surface area contributed by atoms with E-state index in [0.717, 1.165) is 36.2 Å². The molecule has 1 aliphatic heterocycles. The third-order valence-corrected chi connectivity index (χ3v) is 6.37. The van der Waals surface area contributed by atoms with E-state index in [1.165, 1.54) is 36.1 Å². The van der Waals surface area contributed by atoms with Crippen LogP contribution < -0.4 is 16.2 Å². The van der Waals surface area contributed by atoms with Gasteiger partial charge in [-0.15, -0.1) is 0 Å². The van der Waals surface area contributed by atoms with E-state index in [4.69, 9.17) is 10.5 Å². The number of rotatable bonds is 9. The fourth-order valence-corrected chi connectivity index (χ4v) is 4.45. The van der Waals surface area contributed by atoms with Crippen LogP contribution in [0.4, 0.5) is 5.82 Å². The second-order valence-electron chi connectivity index (χ2n) is 9.03. The third-order valence-electron chi connectivity index (χ3n) is 6.37. The first-order chi connectivity index (χ1) is 17.1. The van der Waals surface area contributed by atoms with Crippen molar-refractivity contribution < 1.29 is 4.74 Å².